The molecule has 0 aliphatic carbocycles. The first-order valence-corrected chi connectivity index (χ1v) is 6.86. The van der Waals surface area contributed by atoms with E-state index >= 15 is 0 Å². The number of nitrogens with one attached hydrogen (secondary N) is 1. The van der Waals surface area contributed by atoms with E-state index in [-0.39, 0.29) is 11.4 Å². The molecule has 0 bridgehead atoms. The van der Waals surface area contributed by atoms with E-state index in [9.17, 15) is 9.90 Å². The second-order valence-corrected chi connectivity index (χ2v) is 5.06. The van der Waals surface area contributed by atoms with Crippen LogP contribution in [0.5, 0.6) is 17.2 Å². The standard InChI is InChI=1S/C16H16ClNO4/c1-9-14(21-2)6-10(7-15(9)22-3)16(20)18-12-8-11(17)4-5-13(12)19/h4-8,19H,1-3H3,(H,18,20). The van der Waals surface area contributed by atoms with Gasteiger partial charge in [-0.2, -0.15) is 0 Å². The fourth-order valence-corrected chi connectivity index (χ4v) is 2.19. The highest BCUT2D eigenvalue weighted by atomic mass is 35.5. The Bertz CT molecular complexity index is 690. The molecular formula is C16H16ClNO4. The van der Waals surface area contributed by atoms with Gasteiger partial charge >= 0.3 is 0 Å². The van der Waals surface area contributed by atoms with Crippen LogP contribution in [0.4, 0.5) is 5.69 Å². The molecule has 2 aromatic rings. The van der Waals surface area contributed by atoms with Crippen molar-refractivity contribution < 1.29 is 19.4 Å². The van der Waals surface area contributed by atoms with Crippen LogP contribution in [-0.4, -0.2) is 25.2 Å². The topological polar surface area (TPSA) is 67.8 Å². The monoisotopic (exact) mass is 321 g/mol. The van der Waals surface area contributed by atoms with Crippen LogP contribution in [0.15, 0.2) is 30.3 Å². The number of carbonyl (C=O) groups is 1. The van der Waals surface area contributed by atoms with Gasteiger partial charge in [0.15, 0.2) is 0 Å². The molecular weight excluding hydrogens is 306 g/mol. The van der Waals surface area contributed by atoms with Crippen LogP contribution in [0.3, 0.4) is 0 Å². The van der Waals surface area contributed by atoms with Crippen molar-refractivity contribution in [2.24, 2.45) is 0 Å². The maximum atomic E-state index is 12.3. The second kappa shape index (κ2) is 6.58. The summed E-state index contributed by atoms with van der Waals surface area (Å²) in [5, 5.41) is 12.8. The Kier molecular flexibility index (Phi) is 4.78. The molecule has 0 spiro atoms. The number of hydrogen-bond donors (Lipinski definition) is 2. The Balaban J connectivity index is 2.35. The van der Waals surface area contributed by atoms with E-state index < -0.39 is 5.91 Å². The van der Waals surface area contributed by atoms with Gasteiger partial charge in [0, 0.05) is 16.1 Å². The van der Waals surface area contributed by atoms with Crippen molar-refractivity contribution in [2.75, 3.05) is 19.5 Å². The average molecular weight is 322 g/mol. The summed E-state index contributed by atoms with van der Waals surface area (Å²) in [5.74, 6) is 0.609. The molecule has 0 aliphatic rings. The van der Waals surface area contributed by atoms with Gasteiger partial charge in [0.1, 0.15) is 17.2 Å². The van der Waals surface area contributed by atoms with Crippen molar-refractivity contribution in [3.63, 3.8) is 0 Å². The predicted molar refractivity (Wildman–Crippen MR) is 85.4 cm³/mol. The number of carbonyl (C=O) groups excluding carboxylic acids is 1. The highest BCUT2D eigenvalue weighted by molar-refractivity contribution is 6.31. The lowest BCUT2D eigenvalue weighted by Gasteiger charge is -2.13. The molecule has 1 amide bonds. The summed E-state index contributed by atoms with van der Waals surface area (Å²) >= 11 is 5.86. The van der Waals surface area contributed by atoms with Gasteiger partial charge in [-0.3, -0.25) is 4.79 Å². The molecule has 0 saturated carbocycles. The van der Waals surface area contributed by atoms with E-state index in [0.29, 0.717) is 22.1 Å². The van der Waals surface area contributed by atoms with E-state index in [0.717, 1.165) is 5.56 Å². The summed E-state index contributed by atoms with van der Waals surface area (Å²) in [6, 6.07) is 7.62. The van der Waals surface area contributed by atoms with Gasteiger partial charge < -0.3 is 19.9 Å². The first kappa shape index (κ1) is 16.0. The molecule has 0 atom stereocenters. The third-order valence-corrected chi connectivity index (χ3v) is 3.46. The van der Waals surface area contributed by atoms with E-state index in [1.165, 1.54) is 32.4 Å². The Morgan fingerprint density at radius 1 is 1.14 bits per heavy atom. The lowest BCUT2D eigenvalue weighted by molar-refractivity contribution is 0.102. The van der Waals surface area contributed by atoms with E-state index in [2.05, 4.69) is 5.32 Å². The number of aromatic hydroxyl groups is 1. The van der Waals surface area contributed by atoms with Crippen LogP contribution >= 0.6 is 11.6 Å². The van der Waals surface area contributed by atoms with Gasteiger partial charge in [-0.05, 0) is 37.3 Å². The minimum atomic E-state index is -0.408. The molecule has 0 unspecified atom stereocenters. The number of rotatable bonds is 4. The number of ether oxygens (including phenoxy) is 2. The molecule has 2 N–H and O–H groups in total. The Labute approximate surface area is 133 Å². The maximum absolute atomic E-state index is 12.3. The summed E-state index contributed by atoms with van der Waals surface area (Å²) in [5.41, 5.74) is 1.38. The molecule has 0 fully saturated rings. The normalized spacial score (nSPS) is 10.2. The average Bonchev–Trinajstić information content (AvgIpc) is 2.51. The Morgan fingerprint density at radius 2 is 1.73 bits per heavy atom. The smallest absolute Gasteiger partial charge is 0.256 e. The number of phenolic OH excluding ortho intramolecular Hbond substituents is 1. The molecule has 0 radical (unpaired) electrons. The fraction of sp³-hybridized carbons (Fsp3) is 0.188. The lowest BCUT2D eigenvalue weighted by atomic mass is 10.1. The Hall–Kier alpha value is -2.40. The molecule has 0 heterocycles. The summed E-state index contributed by atoms with van der Waals surface area (Å²) in [4.78, 5) is 12.3. The zero-order valence-corrected chi connectivity index (χ0v) is 13.2. The quantitative estimate of drug-likeness (QED) is 0.844. The zero-order chi connectivity index (χ0) is 16.3. The minimum Gasteiger partial charge on any atom is -0.506 e. The molecule has 22 heavy (non-hydrogen) atoms. The third-order valence-electron chi connectivity index (χ3n) is 3.22. The number of benzene rings is 2. The number of phenols is 1. The van der Waals surface area contributed by atoms with Gasteiger partial charge in [0.05, 0.1) is 19.9 Å². The van der Waals surface area contributed by atoms with Crippen molar-refractivity contribution >= 4 is 23.2 Å². The van der Waals surface area contributed by atoms with Gasteiger partial charge in [-0.1, -0.05) is 11.6 Å². The molecule has 0 saturated heterocycles. The number of hydrogen-bond acceptors (Lipinski definition) is 4. The first-order chi connectivity index (χ1) is 10.5. The van der Waals surface area contributed by atoms with Crippen LogP contribution in [0.25, 0.3) is 0 Å². The van der Waals surface area contributed by atoms with Crippen LogP contribution in [-0.2, 0) is 0 Å². The van der Waals surface area contributed by atoms with Gasteiger partial charge in [-0.25, -0.2) is 0 Å². The third kappa shape index (κ3) is 3.26. The summed E-state index contributed by atoms with van der Waals surface area (Å²) in [6.07, 6.45) is 0. The van der Waals surface area contributed by atoms with Crippen molar-refractivity contribution in [1.82, 2.24) is 0 Å². The number of methoxy groups -OCH3 is 2. The number of amides is 1. The second-order valence-electron chi connectivity index (χ2n) is 4.62. The minimum absolute atomic E-state index is 0.0659. The van der Waals surface area contributed by atoms with Gasteiger partial charge in [-0.15, -0.1) is 0 Å². The first-order valence-electron chi connectivity index (χ1n) is 6.48. The van der Waals surface area contributed by atoms with Gasteiger partial charge in [0.2, 0.25) is 0 Å². The largest absolute Gasteiger partial charge is 0.506 e. The summed E-state index contributed by atoms with van der Waals surface area (Å²) in [6.45, 7) is 1.84. The SMILES string of the molecule is COc1cc(C(=O)Nc2cc(Cl)ccc2O)cc(OC)c1C. The van der Waals surface area contributed by atoms with E-state index in [1.54, 1.807) is 12.1 Å². The molecule has 116 valence electrons. The van der Waals surface area contributed by atoms with Crippen molar-refractivity contribution in [3.8, 4) is 17.2 Å². The van der Waals surface area contributed by atoms with E-state index in [4.69, 9.17) is 21.1 Å². The predicted octanol–water partition coefficient (Wildman–Crippen LogP) is 3.62. The highest BCUT2D eigenvalue weighted by Gasteiger charge is 2.15. The summed E-state index contributed by atoms with van der Waals surface area (Å²) < 4.78 is 10.5. The van der Waals surface area contributed by atoms with E-state index in [1.807, 2.05) is 6.92 Å². The molecule has 0 aliphatic heterocycles. The number of halogens is 1. The van der Waals surface area contributed by atoms with Crippen molar-refractivity contribution in [2.45, 2.75) is 6.92 Å². The molecule has 2 aromatic carbocycles. The lowest BCUT2D eigenvalue weighted by Crippen LogP contribution is -2.12. The van der Waals surface area contributed by atoms with Gasteiger partial charge in [0.25, 0.3) is 5.91 Å². The van der Waals surface area contributed by atoms with Crippen molar-refractivity contribution in [3.05, 3.63) is 46.5 Å². The number of anilines is 1. The zero-order valence-electron chi connectivity index (χ0n) is 12.4. The molecule has 2 rings (SSSR count). The van der Waals surface area contributed by atoms with Crippen LogP contribution in [0, 0.1) is 6.92 Å². The fourth-order valence-electron chi connectivity index (χ4n) is 2.02. The van der Waals surface area contributed by atoms with Crippen LogP contribution < -0.4 is 14.8 Å². The molecule has 0 aromatic heterocycles. The van der Waals surface area contributed by atoms with Crippen LogP contribution in [0.2, 0.25) is 5.02 Å². The molecule has 6 heteroatoms. The highest BCUT2D eigenvalue weighted by Crippen LogP contribution is 2.31. The molecule has 5 nitrogen and oxygen atoms in total. The Morgan fingerprint density at radius 3 is 2.27 bits per heavy atom. The summed E-state index contributed by atoms with van der Waals surface area (Å²) in [7, 11) is 3.04. The van der Waals surface area contributed by atoms with Crippen molar-refractivity contribution in [1.29, 1.82) is 0 Å². The maximum Gasteiger partial charge on any atom is 0.256 e. The van der Waals surface area contributed by atoms with Crippen LogP contribution in [0.1, 0.15) is 15.9 Å².